The van der Waals surface area contributed by atoms with Crippen LogP contribution in [0.2, 0.25) is 0 Å². The van der Waals surface area contributed by atoms with Gasteiger partial charge in [-0.1, -0.05) is 0 Å². The molecule has 0 unspecified atom stereocenters. The van der Waals surface area contributed by atoms with Crippen LogP contribution in [0.3, 0.4) is 0 Å². The second kappa shape index (κ2) is 5.40. The molecule has 1 aromatic rings. The molecule has 0 spiro atoms. The van der Waals surface area contributed by atoms with Crippen LogP contribution >= 0.6 is 12.2 Å². The van der Waals surface area contributed by atoms with Gasteiger partial charge in [0.25, 0.3) is 5.17 Å². The summed E-state index contributed by atoms with van der Waals surface area (Å²) >= 11 is 4.78. The number of nitrogens with one attached hydrogen (secondary N) is 1. The van der Waals surface area contributed by atoms with Crippen molar-refractivity contribution in [3.05, 3.63) is 22.1 Å². The number of hydrogen-bond donors (Lipinski definition) is 1. The summed E-state index contributed by atoms with van der Waals surface area (Å²) in [7, 11) is 1.65. The first-order valence-electron chi connectivity index (χ1n) is 4.57. The molecule has 1 aromatic heterocycles. The molecule has 0 atom stereocenters. The molecule has 7 nitrogen and oxygen atoms in total. The monoisotopic (exact) mass is 244 g/mol. The van der Waals surface area contributed by atoms with Crippen molar-refractivity contribution in [2.45, 2.75) is 13.5 Å². The number of aryl methyl sites for hydroxylation is 1. The maximum absolute atomic E-state index is 10.7. The Hall–Kier alpha value is -1.70. The third kappa shape index (κ3) is 2.89. The zero-order chi connectivity index (χ0) is 12.1. The first kappa shape index (κ1) is 12.4. The summed E-state index contributed by atoms with van der Waals surface area (Å²) in [6.07, 6.45) is 1.23. The first-order chi connectivity index (χ1) is 7.56. The van der Waals surface area contributed by atoms with Gasteiger partial charge in [0.2, 0.25) is 0 Å². The lowest BCUT2D eigenvalue weighted by Crippen LogP contribution is -2.21. The summed E-state index contributed by atoms with van der Waals surface area (Å²) < 4.78 is 6.57. The van der Waals surface area contributed by atoms with Gasteiger partial charge in [0.05, 0.1) is 0 Å². The number of imidazole rings is 1. The Morgan fingerprint density at radius 3 is 3.06 bits per heavy atom. The lowest BCUT2D eigenvalue weighted by atomic mass is 10.6. The fourth-order valence-corrected chi connectivity index (χ4v) is 1.26. The molecule has 1 N–H and O–H groups in total. The molecular weight excluding hydrogens is 232 g/mol. The topological polar surface area (TPSA) is 82.2 Å². The van der Waals surface area contributed by atoms with Gasteiger partial charge < -0.3 is 20.2 Å². The van der Waals surface area contributed by atoms with E-state index in [1.54, 1.807) is 14.0 Å². The largest absolute Gasteiger partial charge is 0.467 e. The van der Waals surface area contributed by atoms with E-state index in [-0.39, 0.29) is 17.6 Å². The van der Waals surface area contributed by atoms with Crippen molar-refractivity contribution in [2.75, 3.05) is 13.7 Å². The Morgan fingerprint density at radius 1 is 1.81 bits per heavy atom. The van der Waals surface area contributed by atoms with Crippen LogP contribution in [0.15, 0.2) is 6.20 Å². The SMILES string of the molecule is CNC(=S)OCCn1c([N+](=O)[O-])cnc1C. The van der Waals surface area contributed by atoms with Gasteiger partial charge >= 0.3 is 5.82 Å². The minimum Gasteiger partial charge on any atom is -0.467 e. The Morgan fingerprint density at radius 2 is 2.50 bits per heavy atom. The van der Waals surface area contributed by atoms with Crippen LogP contribution < -0.4 is 5.32 Å². The fourth-order valence-electron chi connectivity index (χ4n) is 1.18. The van der Waals surface area contributed by atoms with Crippen LogP contribution in [0.25, 0.3) is 0 Å². The predicted octanol–water partition coefficient (Wildman–Crippen LogP) is 0.621. The van der Waals surface area contributed by atoms with E-state index < -0.39 is 4.92 Å². The normalized spacial score (nSPS) is 9.88. The van der Waals surface area contributed by atoms with Gasteiger partial charge in [-0.05, 0) is 17.1 Å². The van der Waals surface area contributed by atoms with Crippen molar-refractivity contribution in [1.82, 2.24) is 14.9 Å². The number of aromatic nitrogens is 2. The number of ether oxygens (including phenoxy) is 1. The molecule has 0 radical (unpaired) electrons. The van der Waals surface area contributed by atoms with Crippen LogP contribution in [0, 0.1) is 17.0 Å². The Kier molecular flexibility index (Phi) is 4.18. The first-order valence-corrected chi connectivity index (χ1v) is 4.98. The molecule has 0 aliphatic rings. The summed E-state index contributed by atoms with van der Waals surface area (Å²) in [5.41, 5.74) is 0. The van der Waals surface area contributed by atoms with E-state index in [4.69, 9.17) is 17.0 Å². The van der Waals surface area contributed by atoms with Gasteiger partial charge in [-0.15, -0.1) is 0 Å². The quantitative estimate of drug-likeness (QED) is 0.475. The molecule has 0 bridgehead atoms. The number of rotatable bonds is 4. The molecule has 0 aliphatic carbocycles. The van der Waals surface area contributed by atoms with E-state index in [0.29, 0.717) is 12.4 Å². The lowest BCUT2D eigenvalue weighted by molar-refractivity contribution is -0.392. The average molecular weight is 244 g/mol. The van der Waals surface area contributed by atoms with Gasteiger partial charge in [0.15, 0.2) is 5.82 Å². The van der Waals surface area contributed by atoms with Gasteiger partial charge in [-0.2, -0.15) is 0 Å². The predicted molar refractivity (Wildman–Crippen MR) is 61.2 cm³/mol. The second-order valence-electron chi connectivity index (χ2n) is 2.96. The molecule has 1 heterocycles. The average Bonchev–Trinajstić information content (AvgIpc) is 2.60. The van der Waals surface area contributed by atoms with Crippen molar-refractivity contribution in [3.63, 3.8) is 0 Å². The molecule has 0 aromatic carbocycles. The molecule has 8 heteroatoms. The van der Waals surface area contributed by atoms with E-state index in [1.165, 1.54) is 10.8 Å². The van der Waals surface area contributed by atoms with Crippen molar-refractivity contribution < 1.29 is 9.66 Å². The van der Waals surface area contributed by atoms with Crippen LogP contribution in [0.4, 0.5) is 5.82 Å². The zero-order valence-electron chi connectivity index (χ0n) is 8.97. The summed E-state index contributed by atoms with van der Waals surface area (Å²) in [5.74, 6) is 0.530. The molecule has 0 saturated heterocycles. The van der Waals surface area contributed by atoms with Crippen molar-refractivity contribution >= 4 is 23.2 Å². The van der Waals surface area contributed by atoms with Crippen molar-refractivity contribution in [1.29, 1.82) is 0 Å². The molecule has 0 fully saturated rings. The summed E-state index contributed by atoms with van der Waals surface area (Å²) in [6.45, 7) is 2.30. The van der Waals surface area contributed by atoms with Crippen molar-refractivity contribution in [2.24, 2.45) is 0 Å². The number of hydrogen-bond acceptors (Lipinski definition) is 5. The van der Waals surface area contributed by atoms with E-state index in [0.717, 1.165) is 0 Å². The van der Waals surface area contributed by atoms with E-state index >= 15 is 0 Å². The van der Waals surface area contributed by atoms with Gasteiger partial charge in [0, 0.05) is 14.0 Å². The van der Waals surface area contributed by atoms with E-state index in [1.807, 2.05) is 0 Å². The minimum absolute atomic E-state index is 0.0449. The maximum atomic E-state index is 10.7. The standard InChI is InChI=1S/C8H12N4O3S/c1-6-10-5-7(12(13)14)11(6)3-4-15-8(16)9-2/h5H,3-4H2,1-2H3,(H,9,16). The number of nitro groups is 1. The highest BCUT2D eigenvalue weighted by molar-refractivity contribution is 7.80. The van der Waals surface area contributed by atoms with Crippen LogP contribution in [0.5, 0.6) is 0 Å². The lowest BCUT2D eigenvalue weighted by Gasteiger charge is -2.06. The van der Waals surface area contributed by atoms with Gasteiger partial charge in [-0.3, -0.25) is 0 Å². The van der Waals surface area contributed by atoms with Gasteiger partial charge in [0.1, 0.15) is 19.3 Å². The molecule has 88 valence electrons. The highest BCUT2D eigenvalue weighted by Gasteiger charge is 2.16. The minimum atomic E-state index is -0.476. The van der Waals surface area contributed by atoms with E-state index in [2.05, 4.69) is 10.3 Å². The summed E-state index contributed by atoms with van der Waals surface area (Å²) in [4.78, 5) is 14.1. The van der Waals surface area contributed by atoms with Gasteiger partial charge in [-0.25, -0.2) is 9.55 Å². The highest BCUT2D eigenvalue weighted by atomic mass is 32.1. The Labute approximate surface area is 97.6 Å². The molecular formula is C8H12N4O3S. The van der Waals surface area contributed by atoms with Crippen LogP contribution in [-0.4, -0.2) is 33.3 Å². The maximum Gasteiger partial charge on any atom is 0.342 e. The summed E-state index contributed by atoms with van der Waals surface area (Å²) in [5, 5.41) is 13.6. The molecule has 0 aliphatic heterocycles. The Balaban J connectivity index is 2.62. The molecule has 0 saturated carbocycles. The second-order valence-corrected chi connectivity index (χ2v) is 3.33. The fraction of sp³-hybridized carbons (Fsp3) is 0.500. The Bertz CT molecular complexity index is 404. The highest BCUT2D eigenvalue weighted by Crippen LogP contribution is 2.12. The molecule has 16 heavy (non-hydrogen) atoms. The third-order valence-electron chi connectivity index (χ3n) is 1.97. The summed E-state index contributed by atoms with van der Waals surface area (Å²) in [6, 6.07) is 0. The molecule has 1 rings (SSSR count). The smallest absolute Gasteiger partial charge is 0.342 e. The van der Waals surface area contributed by atoms with Crippen LogP contribution in [0.1, 0.15) is 5.82 Å². The third-order valence-corrected chi connectivity index (χ3v) is 2.30. The van der Waals surface area contributed by atoms with Crippen molar-refractivity contribution in [3.8, 4) is 0 Å². The number of nitrogens with zero attached hydrogens (tertiary/aromatic N) is 3. The van der Waals surface area contributed by atoms with E-state index in [9.17, 15) is 10.1 Å². The number of thiocarbonyl (C=S) groups is 1. The molecule has 0 amide bonds. The van der Waals surface area contributed by atoms with Crippen LogP contribution in [-0.2, 0) is 11.3 Å². The zero-order valence-corrected chi connectivity index (χ0v) is 9.78.